The van der Waals surface area contributed by atoms with Crippen molar-refractivity contribution in [2.45, 2.75) is 6.36 Å². The van der Waals surface area contributed by atoms with E-state index in [1.165, 1.54) is 6.07 Å². The van der Waals surface area contributed by atoms with Crippen LogP contribution >= 0.6 is 11.6 Å². The van der Waals surface area contributed by atoms with Crippen molar-refractivity contribution in [1.82, 2.24) is 0 Å². The molecule has 0 fully saturated rings. The molecule has 0 bridgehead atoms. The summed E-state index contributed by atoms with van der Waals surface area (Å²) in [6.07, 6.45) is -4.87. The molecule has 0 heterocycles. The van der Waals surface area contributed by atoms with Crippen molar-refractivity contribution >= 4 is 34.9 Å². The zero-order chi connectivity index (χ0) is 20.9. The second kappa shape index (κ2) is 8.57. The van der Waals surface area contributed by atoms with E-state index in [2.05, 4.69) is 10.1 Å². The van der Waals surface area contributed by atoms with Gasteiger partial charge in [0.25, 0.3) is 11.6 Å². The van der Waals surface area contributed by atoms with E-state index in [1.54, 1.807) is 0 Å². The highest BCUT2D eigenvalue weighted by molar-refractivity contribution is 6.33. The number of esters is 1. The molecule has 148 valence electrons. The Bertz CT molecular complexity index is 902. The van der Waals surface area contributed by atoms with Crippen LogP contribution in [0.1, 0.15) is 10.4 Å². The number of amides is 1. The largest absolute Gasteiger partial charge is 0.573 e. The van der Waals surface area contributed by atoms with Crippen LogP contribution in [0.4, 0.5) is 24.5 Å². The van der Waals surface area contributed by atoms with Gasteiger partial charge in [-0.25, -0.2) is 4.79 Å². The molecule has 12 heteroatoms. The molecule has 0 atom stereocenters. The maximum absolute atomic E-state index is 12.1. The molecular formula is C16H10ClF3N2O6. The van der Waals surface area contributed by atoms with Gasteiger partial charge in [-0.2, -0.15) is 0 Å². The zero-order valence-electron chi connectivity index (χ0n) is 13.7. The number of nitro groups is 1. The first-order valence-corrected chi connectivity index (χ1v) is 7.69. The molecule has 0 radical (unpaired) electrons. The minimum Gasteiger partial charge on any atom is -0.452 e. The lowest BCUT2D eigenvalue weighted by atomic mass is 10.2. The van der Waals surface area contributed by atoms with Crippen LogP contribution in [0.15, 0.2) is 42.5 Å². The molecule has 2 aromatic carbocycles. The maximum Gasteiger partial charge on any atom is 0.573 e. The zero-order valence-corrected chi connectivity index (χ0v) is 14.4. The third kappa shape index (κ3) is 6.13. The number of nitrogens with zero attached hydrogens (tertiary/aromatic N) is 1. The summed E-state index contributed by atoms with van der Waals surface area (Å²) in [6, 6.07) is 7.26. The Kier molecular flexibility index (Phi) is 6.41. The quantitative estimate of drug-likeness (QED) is 0.432. The molecule has 0 saturated heterocycles. The predicted molar refractivity (Wildman–Crippen MR) is 90.1 cm³/mol. The molecule has 0 aliphatic rings. The van der Waals surface area contributed by atoms with Crippen LogP contribution in [-0.2, 0) is 9.53 Å². The average Bonchev–Trinajstić information content (AvgIpc) is 2.60. The minimum absolute atomic E-state index is 0.0329. The lowest BCUT2D eigenvalue weighted by molar-refractivity contribution is -0.384. The fraction of sp³-hybridized carbons (Fsp3) is 0.125. The maximum atomic E-state index is 12.1. The van der Waals surface area contributed by atoms with Gasteiger partial charge in [0.15, 0.2) is 6.61 Å². The molecule has 0 spiro atoms. The van der Waals surface area contributed by atoms with Crippen LogP contribution in [0.25, 0.3) is 0 Å². The van der Waals surface area contributed by atoms with Crippen LogP contribution in [0.2, 0.25) is 5.02 Å². The number of halogens is 4. The minimum atomic E-state index is -4.87. The average molecular weight is 419 g/mol. The summed E-state index contributed by atoms with van der Waals surface area (Å²) < 4.78 is 44.6. The summed E-state index contributed by atoms with van der Waals surface area (Å²) in [4.78, 5) is 33.7. The van der Waals surface area contributed by atoms with Crippen molar-refractivity contribution in [2.24, 2.45) is 0 Å². The van der Waals surface area contributed by atoms with E-state index in [-0.39, 0.29) is 22.0 Å². The monoisotopic (exact) mass is 418 g/mol. The SMILES string of the molecule is O=C(COC(=O)c1ccc(OC(F)(F)F)cc1)Nc1cc([N+](=O)[O-])ccc1Cl. The van der Waals surface area contributed by atoms with Gasteiger partial charge in [0.1, 0.15) is 5.75 Å². The Morgan fingerprint density at radius 2 is 1.79 bits per heavy atom. The third-order valence-corrected chi connectivity index (χ3v) is 3.42. The molecule has 8 nitrogen and oxygen atoms in total. The van der Waals surface area contributed by atoms with Gasteiger partial charge < -0.3 is 14.8 Å². The summed E-state index contributed by atoms with van der Waals surface area (Å²) in [5.74, 6) is -2.33. The summed E-state index contributed by atoms with van der Waals surface area (Å²) in [6.45, 7) is -0.751. The first-order chi connectivity index (χ1) is 13.0. The number of anilines is 1. The van der Waals surface area contributed by atoms with Gasteiger partial charge in [-0.3, -0.25) is 14.9 Å². The summed E-state index contributed by atoms with van der Waals surface area (Å²) in [5, 5.41) is 13.0. The molecule has 28 heavy (non-hydrogen) atoms. The Labute approximate surface area is 160 Å². The number of carbonyl (C=O) groups is 2. The highest BCUT2D eigenvalue weighted by atomic mass is 35.5. The number of rotatable bonds is 6. The van der Waals surface area contributed by atoms with Gasteiger partial charge in [0.05, 0.1) is 21.2 Å². The summed E-state index contributed by atoms with van der Waals surface area (Å²) >= 11 is 5.83. The number of benzene rings is 2. The van der Waals surface area contributed by atoms with Crippen molar-refractivity contribution in [2.75, 3.05) is 11.9 Å². The van der Waals surface area contributed by atoms with Crippen LogP contribution in [0, 0.1) is 10.1 Å². The Balaban J connectivity index is 1.93. The van der Waals surface area contributed by atoms with Crippen LogP contribution in [0.3, 0.4) is 0 Å². The van der Waals surface area contributed by atoms with Gasteiger partial charge in [-0.1, -0.05) is 11.6 Å². The van der Waals surface area contributed by atoms with E-state index in [1.807, 2.05) is 0 Å². The number of nitrogens with one attached hydrogen (secondary N) is 1. The fourth-order valence-electron chi connectivity index (χ4n) is 1.92. The first-order valence-electron chi connectivity index (χ1n) is 7.32. The normalized spacial score (nSPS) is 10.9. The lowest BCUT2D eigenvalue weighted by Gasteiger charge is -2.10. The van der Waals surface area contributed by atoms with E-state index in [4.69, 9.17) is 16.3 Å². The highest BCUT2D eigenvalue weighted by Crippen LogP contribution is 2.26. The first kappa shape index (κ1) is 21.0. The number of non-ortho nitro benzene ring substituents is 1. The lowest BCUT2D eigenvalue weighted by Crippen LogP contribution is -2.21. The van der Waals surface area contributed by atoms with Gasteiger partial charge >= 0.3 is 12.3 Å². The third-order valence-electron chi connectivity index (χ3n) is 3.09. The topological polar surface area (TPSA) is 108 Å². The molecule has 2 aromatic rings. The van der Waals surface area contributed by atoms with Crippen LogP contribution in [-0.4, -0.2) is 29.8 Å². The van der Waals surface area contributed by atoms with Gasteiger partial charge in [0, 0.05) is 12.1 Å². The van der Waals surface area contributed by atoms with E-state index in [9.17, 15) is 32.9 Å². The van der Waals surface area contributed by atoms with Crippen LogP contribution in [0.5, 0.6) is 5.75 Å². The molecule has 1 N–H and O–H groups in total. The highest BCUT2D eigenvalue weighted by Gasteiger charge is 2.31. The van der Waals surface area contributed by atoms with Crippen molar-refractivity contribution in [3.05, 3.63) is 63.2 Å². The van der Waals surface area contributed by atoms with E-state index < -0.39 is 35.5 Å². The molecule has 0 aromatic heterocycles. The summed E-state index contributed by atoms with van der Waals surface area (Å²) in [7, 11) is 0. The standard InChI is InChI=1S/C16H10ClF3N2O6/c17-12-6-3-10(22(25)26)7-13(12)21-14(23)8-27-15(24)9-1-4-11(5-2-9)28-16(18,19)20/h1-7H,8H2,(H,21,23). The van der Waals surface area contributed by atoms with Crippen molar-refractivity contribution in [3.8, 4) is 5.75 Å². The molecule has 2 rings (SSSR count). The van der Waals surface area contributed by atoms with Crippen LogP contribution < -0.4 is 10.1 Å². The van der Waals surface area contributed by atoms with Crippen molar-refractivity contribution < 1.29 is 37.2 Å². The number of carbonyl (C=O) groups excluding carboxylic acids is 2. The van der Waals surface area contributed by atoms with Crippen molar-refractivity contribution in [3.63, 3.8) is 0 Å². The molecule has 0 aliphatic carbocycles. The fourth-order valence-corrected chi connectivity index (χ4v) is 2.08. The number of nitro benzene ring substituents is 1. The molecule has 1 amide bonds. The molecule has 0 saturated carbocycles. The Hall–Kier alpha value is -3.34. The Morgan fingerprint density at radius 3 is 2.36 bits per heavy atom. The molecule has 0 aliphatic heterocycles. The summed E-state index contributed by atoms with van der Waals surface area (Å²) in [5.41, 5.74) is -0.473. The van der Waals surface area contributed by atoms with E-state index >= 15 is 0 Å². The molecule has 0 unspecified atom stereocenters. The van der Waals surface area contributed by atoms with Gasteiger partial charge in [0.2, 0.25) is 0 Å². The van der Waals surface area contributed by atoms with Crippen molar-refractivity contribution in [1.29, 1.82) is 0 Å². The van der Waals surface area contributed by atoms with E-state index in [0.29, 0.717) is 0 Å². The van der Waals surface area contributed by atoms with Gasteiger partial charge in [-0.05, 0) is 30.3 Å². The number of hydrogen-bond donors (Lipinski definition) is 1. The Morgan fingerprint density at radius 1 is 1.14 bits per heavy atom. The van der Waals surface area contributed by atoms with E-state index in [0.717, 1.165) is 36.4 Å². The molecular weight excluding hydrogens is 409 g/mol. The number of hydrogen-bond acceptors (Lipinski definition) is 6. The second-order valence-corrected chi connectivity index (χ2v) is 5.52. The number of alkyl halides is 3. The smallest absolute Gasteiger partial charge is 0.452 e. The predicted octanol–water partition coefficient (Wildman–Crippen LogP) is 3.94. The number of ether oxygens (including phenoxy) is 2. The second-order valence-electron chi connectivity index (χ2n) is 5.12. The van der Waals surface area contributed by atoms with Gasteiger partial charge in [-0.15, -0.1) is 13.2 Å².